The molecule has 0 aliphatic rings. The van der Waals surface area contributed by atoms with Crippen LogP contribution in [0.5, 0.6) is 0 Å². The zero-order valence-electron chi connectivity index (χ0n) is 16.7. The fourth-order valence-electron chi connectivity index (χ4n) is 1.75. The highest BCUT2D eigenvalue weighted by Gasteiger charge is 2.36. The molecule has 0 saturated heterocycles. The van der Waals surface area contributed by atoms with Gasteiger partial charge in [0.05, 0.1) is 26.1 Å². The molecule has 0 fully saturated rings. The molecule has 0 radical (unpaired) electrons. The van der Waals surface area contributed by atoms with E-state index < -0.39 is 36.2 Å². The van der Waals surface area contributed by atoms with Crippen molar-refractivity contribution >= 4 is 41.4 Å². The van der Waals surface area contributed by atoms with E-state index >= 15 is 0 Å². The number of carbonyl (C=O) groups is 3. The van der Waals surface area contributed by atoms with Crippen LogP contribution >= 0.6 is 23.5 Å². The third-order valence-electron chi connectivity index (χ3n) is 3.66. The van der Waals surface area contributed by atoms with Crippen molar-refractivity contribution in [3.8, 4) is 0 Å². The number of aliphatic carboxylic acids is 2. The Hall–Kier alpha value is -1.27. The summed E-state index contributed by atoms with van der Waals surface area (Å²) in [5, 5.41) is 36.4. The topological polar surface area (TPSA) is 151 Å². The summed E-state index contributed by atoms with van der Waals surface area (Å²) in [4.78, 5) is 33.7. The monoisotopic (exact) mass is 454 g/mol. The van der Waals surface area contributed by atoms with E-state index in [4.69, 9.17) is 19.7 Å². The normalized spacial score (nSPS) is 15.2. The average molecular weight is 455 g/mol. The predicted octanol–water partition coefficient (Wildman–Crippen LogP) is 1.22. The van der Waals surface area contributed by atoms with E-state index in [0.717, 1.165) is 0 Å². The van der Waals surface area contributed by atoms with Gasteiger partial charge in [0.25, 0.3) is 0 Å². The highest BCUT2D eigenvalue weighted by Crippen LogP contribution is 2.23. The molecule has 0 aromatic rings. The van der Waals surface area contributed by atoms with E-state index in [-0.39, 0.29) is 31.3 Å². The van der Waals surface area contributed by atoms with Crippen molar-refractivity contribution in [2.45, 2.75) is 38.2 Å². The zero-order valence-corrected chi connectivity index (χ0v) is 18.3. The Morgan fingerprint density at radius 3 is 2.24 bits per heavy atom. The Morgan fingerprint density at radius 1 is 1.14 bits per heavy atom. The largest absolute Gasteiger partial charge is 0.481 e. The van der Waals surface area contributed by atoms with E-state index in [1.165, 1.54) is 30.4 Å². The number of aliphatic hydroxyl groups excluding tert-OH is 2. The third-order valence-corrected chi connectivity index (χ3v) is 6.21. The van der Waals surface area contributed by atoms with Gasteiger partial charge in [-0.2, -0.15) is 23.5 Å². The van der Waals surface area contributed by atoms with E-state index in [0.29, 0.717) is 22.8 Å². The molecule has 4 N–H and O–H groups in total. The molecule has 0 aromatic carbocycles. The van der Waals surface area contributed by atoms with E-state index in [1.54, 1.807) is 6.92 Å². The minimum Gasteiger partial charge on any atom is -0.481 e. The standard InChI is InChI=1S/C18H30O9S2/c1-12(2)16(24)27-11-18(3,10-19)17(25)26-8-13(29-7-5-15(22)23)9-28-6-4-14(20)21/h13,16,19,24H,1,4-11H2,2-3H3,(H,20,21)(H,22,23). The lowest BCUT2D eigenvalue weighted by molar-refractivity contribution is -0.169. The molecule has 0 aliphatic carbocycles. The molecule has 0 spiro atoms. The quantitative estimate of drug-likeness (QED) is 0.109. The molecule has 0 aliphatic heterocycles. The third kappa shape index (κ3) is 12.8. The lowest BCUT2D eigenvalue weighted by atomic mass is 9.93. The number of hydrogen-bond donors (Lipinski definition) is 4. The van der Waals surface area contributed by atoms with Crippen LogP contribution in [-0.4, -0.2) is 87.0 Å². The van der Waals surface area contributed by atoms with Crippen molar-refractivity contribution in [2.24, 2.45) is 5.41 Å². The molecule has 3 atom stereocenters. The van der Waals surface area contributed by atoms with Gasteiger partial charge >= 0.3 is 17.9 Å². The van der Waals surface area contributed by atoms with E-state index in [1.807, 2.05) is 0 Å². The molecule has 0 aromatic heterocycles. The maximum atomic E-state index is 12.4. The van der Waals surface area contributed by atoms with Gasteiger partial charge in [0.15, 0.2) is 6.29 Å². The van der Waals surface area contributed by atoms with Crippen LogP contribution in [0.3, 0.4) is 0 Å². The van der Waals surface area contributed by atoms with E-state index in [9.17, 15) is 24.6 Å². The van der Waals surface area contributed by atoms with Crippen molar-refractivity contribution in [3.05, 3.63) is 12.2 Å². The summed E-state index contributed by atoms with van der Waals surface area (Å²) in [6, 6.07) is 0. The van der Waals surface area contributed by atoms with Gasteiger partial charge in [-0.25, -0.2) is 0 Å². The second-order valence-corrected chi connectivity index (χ2v) is 9.24. The summed E-state index contributed by atoms with van der Waals surface area (Å²) in [6.07, 6.45) is -1.31. The van der Waals surface area contributed by atoms with Crippen LogP contribution in [0.25, 0.3) is 0 Å². The lowest BCUT2D eigenvalue weighted by Crippen LogP contribution is -2.40. The Morgan fingerprint density at radius 2 is 1.72 bits per heavy atom. The second kappa shape index (κ2) is 14.7. The van der Waals surface area contributed by atoms with Gasteiger partial charge in [0, 0.05) is 22.5 Å². The molecule has 0 bridgehead atoms. The first-order valence-corrected chi connectivity index (χ1v) is 11.1. The van der Waals surface area contributed by atoms with E-state index in [2.05, 4.69) is 6.58 Å². The fraction of sp³-hybridized carbons (Fsp3) is 0.722. The molecule has 0 saturated carbocycles. The van der Waals surface area contributed by atoms with Gasteiger partial charge in [-0.1, -0.05) is 6.58 Å². The Kier molecular flexibility index (Phi) is 14.0. The average Bonchev–Trinajstić information content (AvgIpc) is 2.65. The molecule has 29 heavy (non-hydrogen) atoms. The number of hydrogen-bond acceptors (Lipinski definition) is 9. The molecule has 11 heteroatoms. The zero-order chi connectivity index (χ0) is 22.4. The smallest absolute Gasteiger partial charge is 0.316 e. The SMILES string of the molecule is C=C(C)C(O)OCC(C)(CO)C(=O)OCC(CSCCC(=O)O)SCCC(=O)O. The van der Waals surface area contributed by atoms with Crippen molar-refractivity contribution in [1.82, 2.24) is 0 Å². The second-order valence-electron chi connectivity index (χ2n) is 6.68. The van der Waals surface area contributed by atoms with Gasteiger partial charge in [0.1, 0.15) is 12.0 Å². The van der Waals surface area contributed by atoms with Crippen LogP contribution in [-0.2, 0) is 23.9 Å². The van der Waals surface area contributed by atoms with Crippen molar-refractivity contribution in [2.75, 3.05) is 37.1 Å². The minimum atomic E-state index is -1.39. The minimum absolute atomic E-state index is 0.00192. The maximum absolute atomic E-state index is 12.4. The van der Waals surface area contributed by atoms with Crippen molar-refractivity contribution < 1.29 is 44.3 Å². The Balaban J connectivity index is 4.71. The van der Waals surface area contributed by atoms with Crippen molar-refractivity contribution in [1.29, 1.82) is 0 Å². The van der Waals surface area contributed by atoms with Crippen LogP contribution in [0, 0.1) is 5.41 Å². The maximum Gasteiger partial charge on any atom is 0.316 e. The Labute approximate surface area is 178 Å². The van der Waals surface area contributed by atoms with Gasteiger partial charge in [-0.15, -0.1) is 0 Å². The van der Waals surface area contributed by atoms with Crippen LogP contribution in [0.1, 0.15) is 26.7 Å². The molecule has 9 nitrogen and oxygen atoms in total. The molecule has 0 amide bonds. The number of rotatable bonds is 17. The first-order chi connectivity index (χ1) is 13.5. The fourth-order valence-corrected chi connectivity index (χ4v) is 4.06. The number of esters is 1. The van der Waals surface area contributed by atoms with Crippen LogP contribution in [0.2, 0.25) is 0 Å². The number of carboxylic acid groups (broad SMARTS) is 2. The summed E-state index contributed by atoms with van der Waals surface area (Å²) < 4.78 is 10.5. The number of carbonyl (C=O) groups excluding carboxylic acids is 1. The molecule has 3 unspecified atom stereocenters. The van der Waals surface area contributed by atoms with Crippen LogP contribution in [0.4, 0.5) is 0 Å². The van der Waals surface area contributed by atoms with Crippen molar-refractivity contribution in [3.63, 3.8) is 0 Å². The predicted molar refractivity (Wildman–Crippen MR) is 111 cm³/mol. The van der Waals surface area contributed by atoms with Gasteiger partial charge in [-0.3, -0.25) is 14.4 Å². The molecular weight excluding hydrogens is 424 g/mol. The first kappa shape index (κ1) is 27.7. The first-order valence-electron chi connectivity index (χ1n) is 8.88. The van der Waals surface area contributed by atoms with Gasteiger partial charge in [-0.05, 0) is 19.4 Å². The molecule has 0 rings (SSSR count). The summed E-state index contributed by atoms with van der Waals surface area (Å²) in [5.74, 6) is -1.37. The highest BCUT2D eigenvalue weighted by atomic mass is 32.2. The molecule has 0 heterocycles. The summed E-state index contributed by atoms with van der Waals surface area (Å²) in [6.45, 7) is 5.67. The lowest BCUT2D eigenvalue weighted by Gasteiger charge is -2.27. The Bertz CT molecular complexity index is 555. The number of carboxylic acids is 2. The van der Waals surface area contributed by atoms with Gasteiger partial charge < -0.3 is 29.9 Å². The summed E-state index contributed by atoms with van der Waals surface area (Å²) in [7, 11) is 0. The summed E-state index contributed by atoms with van der Waals surface area (Å²) in [5.41, 5.74) is -1.03. The number of ether oxygens (including phenoxy) is 2. The highest BCUT2D eigenvalue weighted by molar-refractivity contribution is 8.03. The van der Waals surface area contributed by atoms with Gasteiger partial charge in [0.2, 0.25) is 0 Å². The number of aliphatic hydroxyl groups is 2. The molecule has 168 valence electrons. The van der Waals surface area contributed by atoms with Crippen LogP contribution in [0.15, 0.2) is 12.2 Å². The van der Waals surface area contributed by atoms with Crippen LogP contribution < -0.4 is 0 Å². The number of thioether (sulfide) groups is 2. The molecular formula is C18H30O9S2. The summed E-state index contributed by atoms with van der Waals surface area (Å²) >= 11 is 2.69.